The van der Waals surface area contributed by atoms with E-state index in [0.29, 0.717) is 23.6 Å². The minimum atomic E-state index is -0.571. The number of amides is 2. The lowest BCUT2D eigenvalue weighted by Gasteiger charge is -2.30. The number of aryl methyl sites for hydroxylation is 1. The second kappa shape index (κ2) is 6.78. The number of hydrogen-bond donors (Lipinski definition) is 3. The summed E-state index contributed by atoms with van der Waals surface area (Å²) in [5, 5.41) is 15.6. The molecule has 0 aliphatic carbocycles. The molecule has 0 heterocycles. The summed E-state index contributed by atoms with van der Waals surface area (Å²) in [5.74, 6) is 0. The molecular formula is C14H21ClN2O2. The summed E-state index contributed by atoms with van der Waals surface area (Å²) in [4.78, 5) is 11.9. The summed E-state index contributed by atoms with van der Waals surface area (Å²) in [6, 6.07) is 5.00. The van der Waals surface area contributed by atoms with Crippen LogP contribution in [0.4, 0.5) is 10.5 Å². The van der Waals surface area contributed by atoms with Gasteiger partial charge in [0.05, 0.1) is 12.1 Å². The zero-order valence-electron chi connectivity index (χ0n) is 11.6. The summed E-state index contributed by atoms with van der Waals surface area (Å²) in [7, 11) is 0. The van der Waals surface area contributed by atoms with Gasteiger partial charge >= 0.3 is 6.03 Å². The van der Waals surface area contributed by atoms with Gasteiger partial charge < -0.3 is 15.7 Å². The highest BCUT2D eigenvalue weighted by Crippen LogP contribution is 2.20. The van der Waals surface area contributed by atoms with E-state index in [-0.39, 0.29) is 12.6 Å². The Morgan fingerprint density at radius 3 is 2.47 bits per heavy atom. The Morgan fingerprint density at radius 2 is 2.00 bits per heavy atom. The number of halogens is 1. The summed E-state index contributed by atoms with van der Waals surface area (Å²) in [6.07, 6.45) is 1.34. The van der Waals surface area contributed by atoms with E-state index in [1.165, 1.54) is 0 Å². The standard InChI is InChI=1S/C14H21ClN2O2/c1-4-14(5-2,9-18)17-13(19)16-11-7-6-10(3)12(15)8-11/h6-8,18H,4-5,9H2,1-3H3,(H2,16,17,19). The van der Waals surface area contributed by atoms with Gasteiger partial charge in [0.25, 0.3) is 0 Å². The van der Waals surface area contributed by atoms with Crippen molar-refractivity contribution in [2.75, 3.05) is 11.9 Å². The Balaban J connectivity index is 2.71. The SMILES string of the molecule is CCC(CC)(CO)NC(=O)Nc1ccc(C)c(Cl)c1. The predicted octanol–water partition coefficient (Wildman–Crippen LogP) is 3.32. The zero-order valence-corrected chi connectivity index (χ0v) is 12.3. The molecule has 2 amide bonds. The van der Waals surface area contributed by atoms with E-state index in [0.717, 1.165) is 5.56 Å². The molecule has 0 saturated carbocycles. The van der Waals surface area contributed by atoms with Crippen LogP contribution >= 0.6 is 11.6 Å². The molecule has 0 aromatic heterocycles. The third-order valence-corrected chi connectivity index (χ3v) is 3.87. The van der Waals surface area contributed by atoms with Crippen LogP contribution in [0.5, 0.6) is 0 Å². The van der Waals surface area contributed by atoms with Gasteiger partial charge in [-0.05, 0) is 37.5 Å². The number of aliphatic hydroxyl groups is 1. The lowest BCUT2D eigenvalue weighted by molar-refractivity contribution is 0.155. The number of aliphatic hydroxyl groups excluding tert-OH is 1. The number of hydrogen-bond acceptors (Lipinski definition) is 2. The lowest BCUT2D eigenvalue weighted by atomic mass is 9.94. The van der Waals surface area contributed by atoms with E-state index in [2.05, 4.69) is 10.6 Å². The summed E-state index contributed by atoms with van der Waals surface area (Å²) in [6.45, 7) is 5.69. The molecule has 0 spiro atoms. The van der Waals surface area contributed by atoms with Gasteiger partial charge in [-0.2, -0.15) is 0 Å². The van der Waals surface area contributed by atoms with Crippen LogP contribution in [0.2, 0.25) is 5.02 Å². The fourth-order valence-electron chi connectivity index (χ4n) is 1.76. The molecule has 0 radical (unpaired) electrons. The average molecular weight is 285 g/mol. The molecular weight excluding hydrogens is 264 g/mol. The maximum atomic E-state index is 11.9. The van der Waals surface area contributed by atoms with E-state index in [4.69, 9.17) is 11.6 Å². The fraction of sp³-hybridized carbons (Fsp3) is 0.500. The van der Waals surface area contributed by atoms with Crippen molar-refractivity contribution in [2.45, 2.75) is 39.2 Å². The molecule has 0 fully saturated rings. The Kier molecular flexibility index (Phi) is 5.63. The molecule has 0 unspecified atom stereocenters. The molecule has 0 aliphatic rings. The van der Waals surface area contributed by atoms with Crippen LogP contribution in [-0.4, -0.2) is 23.3 Å². The highest BCUT2D eigenvalue weighted by atomic mass is 35.5. The van der Waals surface area contributed by atoms with Gasteiger partial charge in [0.15, 0.2) is 0 Å². The number of carbonyl (C=O) groups is 1. The molecule has 0 saturated heterocycles. The molecule has 5 heteroatoms. The third kappa shape index (κ3) is 4.11. The van der Waals surface area contributed by atoms with Crippen LogP contribution in [0, 0.1) is 6.92 Å². The Bertz CT molecular complexity index is 437. The topological polar surface area (TPSA) is 61.4 Å². The highest BCUT2D eigenvalue weighted by Gasteiger charge is 2.27. The zero-order chi connectivity index (χ0) is 14.5. The van der Waals surface area contributed by atoms with Gasteiger partial charge in [-0.15, -0.1) is 0 Å². The maximum Gasteiger partial charge on any atom is 0.319 e. The van der Waals surface area contributed by atoms with Gasteiger partial charge in [0, 0.05) is 10.7 Å². The summed E-state index contributed by atoms with van der Waals surface area (Å²) >= 11 is 6.00. The van der Waals surface area contributed by atoms with Crippen molar-refractivity contribution in [3.63, 3.8) is 0 Å². The molecule has 4 nitrogen and oxygen atoms in total. The molecule has 3 N–H and O–H groups in total. The normalized spacial score (nSPS) is 11.2. The number of nitrogens with one attached hydrogen (secondary N) is 2. The summed E-state index contributed by atoms with van der Waals surface area (Å²) in [5.41, 5.74) is 1.02. The Labute approximate surface area is 119 Å². The first-order valence-corrected chi connectivity index (χ1v) is 6.80. The average Bonchev–Trinajstić information content (AvgIpc) is 2.40. The van der Waals surface area contributed by atoms with Gasteiger partial charge in [-0.25, -0.2) is 4.79 Å². The van der Waals surface area contributed by atoms with E-state index in [9.17, 15) is 9.90 Å². The van der Waals surface area contributed by atoms with Crippen LogP contribution in [-0.2, 0) is 0 Å². The number of anilines is 1. The van der Waals surface area contributed by atoms with E-state index >= 15 is 0 Å². The van der Waals surface area contributed by atoms with Crippen LogP contribution < -0.4 is 10.6 Å². The molecule has 106 valence electrons. The molecule has 1 rings (SSSR count). The largest absolute Gasteiger partial charge is 0.394 e. The molecule has 1 aromatic rings. The quantitative estimate of drug-likeness (QED) is 0.777. The van der Waals surface area contributed by atoms with Gasteiger partial charge in [0.2, 0.25) is 0 Å². The Morgan fingerprint density at radius 1 is 1.37 bits per heavy atom. The molecule has 19 heavy (non-hydrogen) atoms. The van der Waals surface area contributed by atoms with Crippen molar-refractivity contribution in [1.82, 2.24) is 5.32 Å². The van der Waals surface area contributed by atoms with Crippen LogP contribution in [0.25, 0.3) is 0 Å². The van der Waals surface area contributed by atoms with E-state index in [1.807, 2.05) is 26.8 Å². The van der Waals surface area contributed by atoms with Gasteiger partial charge in [0.1, 0.15) is 0 Å². The first kappa shape index (κ1) is 15.8. The number of carbonyl (C=O) groups excluding carboxylic acids is 1. The Hall–Kier alpha value is -1.26. The van der Waals surface area contributed by atoms with Crippen molar-refractivity contribution >= 4 is 23.3 Å². The molecule has 0 atom stereocenters. The van der Waals surface area contributed by atoms with Crippen molar-refractivity contribution in [3.8, 4) is 0 Å². The predicted molar refractivity (Wildman–Crippen MR) is 78.7 cm³/mol. The number of urea groups is 1. The monoisotopic (exact) mass is 284 g/mol. The maximum absolute atomic E-state index is 11.9. The summed E-state index contributed by atoms with van der Waals surface area (Å²) < 4.78 is 0. The van der Waals surface area contributed by atoms with Gasteiger partial charge in [-0.1, -0.05) is 31.5 Å². The van der Waals surface area contributed by atoms with Gasteiger partial charge in [-0.3, -0.25) is 0 Å². The van der Waals surface area contributed by atoms with Crippen molar-refractivity contribution in [1.29, 1.82) is 0 Å². The van der Waals surface area contributed by atoms with Crippen LogP contribution in [0.3, 0.4) is 0 Å². The van der Waals surface area contributed by atoms with E-state index in [1.54, 1.807) is 12.1 Å². The lowest BCUT2D eigenvalue weighted by Crippen LogP contribution is -2.52. The fourth-order valence-corrected chi connectivity index (χ4v) is 1.94. The second-order valence-corrected chi connectivity index (χ2v) is 5.10. The smallest absolute Gasteiger partial charge is 0.319 e. The second-order valence-electron chi connectivity index (χ2n) is 4.69. The molecule has 0 aliphatic heterocycles. The first-order chi connectivity index (χ1) is 8.96. The molecule has 0 bridgehead atoms. The number of benzene rings is 1. The highest BCUT2D eigenvalue weighted by molar-refractivity contribution is 6.31. The minimum absolute atomic E-state index is 0.0813. The molecule has 1 aromatic carbocycles. The van der Waals surface area contributed by atoms with Crippen LogP contribution in [0.1, 0.15) is 32.3 Å². The third-order valence-electron chi connectivity index (χ3n) is 3.46. The van der Waals surface area contributed by atoms with Crippen molar-refractivity contribution in [2.24, 2.45) is 0 Å². The van der Waals surface area contributed by atoms with E-state index < -0.39 is 5.54 Å². The van der Waals surface area contributed by atoms with Crippen molar-refractivity contribution < 1.29 is 9.90 Å². The minimum Gasteiger partial charge on any atom is -0.394 e. The number of rotatable bonds is 5. The first-order valence-electron chi connectivity index (χ1n) is 6.42. The van der Waals surface area contributed by atoms with Crippen LogP contribution in [0.15, 0.2) is 18.2 Å². The van der Waals surface area contributed by atoms with Crippen molar-refractivity contribution in [3.05, 3.63) is 28.8 Å².